The molecule has 0 amide bonds. The Labute approximate surface area is 118 Å². The maximum absolute atomic E-state index is 9.32. The van der Waals surface area contributed by atoms with Gasteiger partial charge in [-0.3, -0.25) is 0 Å². The Balaban J connectivity index is 2.99. The molecule has 0 aliphatic heterocycles. The molecule has 0 bridgehead atoms. The van der Waals surface area contributed by atoms with Crippen molar-refractivity contribution in [2.45, 2.75) is 24.9 Å². The van der Waals surface area contributed by atoms with Gasteiger partial charge in [-0.2, -0.15) is 0 Å². The van der Waals surface area contributed by atoms with Gasteiger partial charge in [0.15, 0.2) is 0 Å². The molecule has 7 nitrogen and oxygen atoms in total. The summed E-state index contributed by atoms with van der Waals surface area (Å²) < 4.78 is 0. The summed E-state index contributed by atoms with van der Waals surface area (Å²) in [7, 11) is 0. The summed E-state index contributed by atoms with van der Waals surface area (Å²) in [6.45, 7) is 2.28. The predicted molar refractivity (Wildman–Crippen MR) is 76.6 cm³/mol. The van der Waals surface area contributed by atoms with Crippen LogP contribution in [-0.4, -0.2) is 62.9 Å². The number of rotatable bonds is 8. The second-order valence-corrected chi connectivity index (χ2v) is 5.40. The van der Waals surface area contributed by atoms with Crippen molar-refractivity contribution in [1.29, 1.82) is 0 Å². The van der Waals surface area contributed by atoms with Crippen molar-refractivity contribution in [3.8, 4) is 0 Å². The largest absolute Gasteiger partial charge is 0.394 e. The highest BCUT2D eigenvalue weighted by atomic mass is 16.3. The van der Waals surface area contributed by atoms with Crippen LogP contribution in [0.2, 0.25) is 0 Å². The number of hydrogen-bond acceptors (Lipinski definition) is 7. The molecular formula is C13H23N3O4. The van der Waals surface area contributed by atoms with Gasteiger partial charge < -0.3 is 31.1 Å². The fourth-order valence-electron chi connectivity index (χ4n) is 1.47. The summed E-state index contributed by atoms with van der Waals surface area (Å²) in [5.74, 6) is 0.422. The van der Waals surface area contributed by atoms with Crippen LogP contribution in [0.1, 0.15) is 13.8 Å². The number of aliphatic hydroxyl groups excluding tert-OH is 4. The highest BCUT2D eigenvalue weighted by molar-refractivity contribution is 5.66. The summed E-state index contributed by atoms with van der Waals surface area (Å²) in [5, 5.41) is 43.2. The highest BCUT2D eigenvalue weighted by Crippen LogP contribution is 2.25. The van der Waals surface area contributed by atoms with Crippen LogP contribution in [0.25, 0.3) is 0 Å². The quantitative estimate of drug-likeness (QED) is 0.377. The molecule has 1 aromatic rings. The van der Waals surface area contributed by atoms with Gasteiger partial charge in [0, 0.05) is 6.20 Å². The zero-order chi connectivity index (χ0) is 15.2. The average molecular weight is 285 g/mol. The Morgan fingerprint density at radius 1 is 0.950 bits per heavy atom. The third-order valence-corrected chi connectivity index (χ3v) is 3.06. The lowest BCUT2D eigenvalue weighted by Crippen LogP contribution is -2.45. The lowest BCUT2D eigenvalue weighted by molar-refractivity contribution is 0.145. The minimum atomic E-state index is -0.917. The maximum Gasteiger partial charge on any atom is 0.149 e. The number of aromatic nitrogens is 1. The Morgan fingerprint density at radius 2 is 1.45 bits per heavy atom. The smallest absolute Gasteiger partial charge is 0.149 e. The van der Waals surface area contributed by atoms with Gasteiger partial charge in [0.25, 0.3) is 0 Å². The molecule has 20 heavy (non-hydrogen) atoms. The van der Waals surface area contributed by atoms with Crippen LogP contribution >= 0.6 is 0 Å². The summed E-state index contributed by atoms with van der Waals surface area (Å²) >= 11 is 0. The van der Waals surface area contributed by atoms with Crippen LogP contribution in [0.5, 0.6) is 0 Å². The number of hydrogen-bond donors (Lipinski definition) is 6. The minimum absolute atomic E-state index is 0.255. The second kappa shape index (κ2) is 6.85. The molecule has 0 saturated carbocycles. The van der Waals surface area contributed by atoms with Crippen LogP contribution in [0.4, 0.5) is 11.5 Å². The molecule has 0 unspecified atom stereocenters. The van der Waals surface area contributed by atoms with Crippen molar-refractivity contribution in [3.63, 3.8) is 0 Å². The van der Waals surface area contributed by atoms with E-state index in [4.69, 9.17) is 0 Å². The monoisotopic (exact) mass is 285 g/mol. The first-order chi connectivity index (χ1) is 9.42. The van der Waals surface area contributed by atoms with E-state index in [1.807, 2.05) is 0 Å². The van der Waals surface area contributed by atoms with Gasteiger partial charge in [-0.25, -0.2) is 4.98 Å². The predicted octanol–water partition coefficient (Wildman–Crippen LogP) is -0.608. The van der Waals surface area contributed by atoms with E-state index in [1.54, 1.807) is 32.2 Å². The van der Waals surface area contributed by atoms with Gasteiger partial charge in [-0.1, -0.05) is 0 Å². The Morgan fingerprint density at radius 3 is 1.95 bits per heavy atom. The van der Waals surface area contributed by atoms with E-state index in [9.17, 15) is 20.4 Å². The number of nitrogens with one attached hydrogen (secondary N) is 2. The van der Waals surface area contributed by atoms with Crippen molar-refractivity contribution < 1.29 is 20.4 Å². The van der Waals surface area contributed by atoms with Gasteiger partial charge in [0.1, 0.15) is 5.82 Å². The first-order valence-electron chi connectivity index (χ1n) is 6.37. The number of aliphatic hydroxyl groups is 4. The van der Waals surface area contributed by atoms with Crippen molar-refractivity contribution in [2.24, 2.45) is 0 Å². The molecule has 0 fully saturated rings. The van der Waals surface area contributed by atoms with E-state index < -0.39 is 11.1 Å². The third kappa shape index (κ3) is 4.04. The normalized spacial score (nSPS) is 12.3. The number of pyridine rings is 1. The lowest BCUT2D eigenvalue weighted by Gasteiger charge is -2.31. The zero-order valence-electron chi connectivity index (χ0n) is 11.8. The third-order valence-electron chi connectivity index (χ3n) is 3.06. The Bertz CT molecular complexity index is 381. The van der Waals surface area contributed by atoms with Crippen LogP contribution in [0.15, 0.2) is 18.3 Å². The Kier molecular flexibility index (Phi) is 5.70. The fraction of sp³-hybridized carbons (Fsp3) is 0.615. The molecule has 0 aliphatic carbocycles. The van der Waals surface area contributed by atoms with Crippen molar-refractivity contribution >= 4 is 11.5 Å². The van der Waals surface area contributed by atoms with Crippen LogP contribution in [0.3, 0.4) is 0 Å². The molecule has 0 aliphatic rings. The molecule has 0 spiro atoms. The molecule has 6 N–H and O–H groups in total. The topological polar surface area (TPSA) is 118 Å². The van der Waals surface area contributed by atoms with Gasteiger partial charge in [0.05, 0.1) is 43.2 Å². The van der Waals surface area contributed by atoms with Crippen LogP contribution in [0, 0.1) is 0 Å². The number of nitrogens with zero attached hydrogens (tertiary/aromatic N) is 1. The van der Waals surface area contributed by atoms with Gasteiger partial charge >= 0.3 is 0 Å². The molecule has 7 heteroatoms. The van der Waals surface area contributed by atoms with E-state index in [0.29, 0.717) is 11.5 Å². The standard InChI is InChI=1S/C13H23N3O4/c1-12(6-17,7-18)15-10-4-3-5-14-11(10)16-13(2,8-19)9-20/h3-5,15,17-20H,6-9H2,1-2H3,(H,14,16). The van der Waals surface area contributed by atoms with Crippen molar-refractivity contribution in [2.75, 3.05) is 37.1 Å². The molecule has 1 rings (SSSR count). The summed E-state index contributed by atoms with van der Waals surface area (Å²) in [6.07, 6.45) is 1.57. The van der Waals surface area contributed by atoms with Gasteiger partial charge in [-0.05, 0) is 26.0 Å². The lowest BCUT2D eigenvalue weighted by atomic mass is 10.0. The summed E-state index contributed by atoms with van der Waals surface area (Å²) in [5.41, 5.74) is -1.25. The van der Waals surface area contributed by atoms with E-state index in [-0.39, 0.29) is 26.4 Å². The first kappa shape index (κ1) is 16.6. The highest BCUT2D eigenvalue weighted by Gasteiger charge is 2.27. The molecule has 0 atom stereocenters. The molecule has 1 aromatic heterocycles. The van der Waals surface area contributed by atoms with E-state index in [0.717, 1.165) is 0 Å². The van der Waals surface area contributed by atoms with Gasteiger partial charge in [-0.15, -0.1) is 0 Å². The van der Waals surface area contributed by atoms with Crippen molar-refractivity contribution in [1.82, 2.24) is 4.98 Å². The van der Waals surface area contributed by atoms with Crippen molar-refractivity contribution in [3.05, 3.63) is 18.3 Å². The molecule has 1 heterocycles. The summed E-state index contributed by atoms with van der Waals surface area (Å²) in [6, 6.07) is 3.44. The second-order valence-electron chi connectivity index (χ2n) is 5.40. The molecule has 114 valence electrons. The minimum Gasteiger partial charge on any atom is -0.394 e. The maximum atomic E-state index is 9.32. The molecule has 0 aromatic carbocycles. The average Bonchev–Trinajstić information content (AvgIpc) is 2.49. The number of anilines is 2. The summed E-state index contributed by atoms with van der Waals surface area (Å²) in [4.78, 5) is 4.15. The van der Waals surface area contributed by atoms with Crippen LogP contribution < -0.4 is 10.6 Å². The van der Waals surface area contributed by atoms with E-state index in [2.05, 4.69) is 15.6 Å². The zero-order valence-corrected chi connectivity index (χ0v) is 11.8. The molecular weight excluding hydrogens is 262 g/mol. The molecule has 0 saturated heterocycles. The van der Waals surface area contributed by atoms with Gasteiger partial charge in [0.2, 0.25) is 0 Å². The first-order valence-corrected chi connectivity index (χ1v) is 6.37. The fourth-order valence-corrected chi connectivity index (χ4v) is 1.47. The van der Waals surface area contributed by atoms with Crippen LogP contribution in [-0.2, 0) is 0 Å². The van der Waals surface area contributed by atoms with E-state index in [1.165, 1.54) is 0 Å². The van der Waals surface area contributed by atoms with E-state index >= 15 is 0 Å². The SMILES string of the molecule is CC(CO)(CO)Nc1cccnc1NC(C)(CO)CO. The molecule has 0 radical (unpaired) electrons. The Hall–Kier alpha value is -1.41.